The molecule has 0 N–H and O–H groups in total. The van der Waals surface area contributed by atoms with Gasteiger partial charge in [0.25, 0.3) is 0 Å². The molecule has 0 amide bonds. The lowest BCUT2D eigenvalue weighted by Gasteiger charge is -2.11. The molecule has 51 heavy (non-hydrogen) atoms. The molecule has 0 saturated heterocycles. The second kappa shape index (κ2) is 9.22. The largest absolute Gasteiger partial charge is 0.308 e. The molecule has 3 heteroatoms. The Hall–Kier alpha value is -6.42. The summed E-state index contributed by atoms with van der Waals surface area (Å²) in [6.07, 6.45) is 0. The predicted octanol–water partition coefficient (Wildman–Crippen LogP) is 13.7. The molecule has 0 fully saturated rings. The Morgan fingerprint density at radius 2 is 0.941 bits per heavy atom. The Labute approximate surface area is 295 Å². The molecule has 234 valence electrons. The molecule has 5 heterocycles. The van der Waals surface area contributed by atoms with E-state index in [1.807, 2.05) is 11.3 Å². The smallest absolute Gasteiger partial charge is 0.0627 e. The van der Waals surface area contributed by atoms with Crippen molar-refractivity contribution in [2.75, 3.05) is 0 Å². The second-order valence-electron chi connectivity index (χ2n) is 14.0. The summed E-state index contributed by atoms with van der Waals surface area (Å²) in [5, 5.41) is 13.3. The fourth-order valence-corrected chi connectivity index (χ4v) is 10.7. The molecular weight excluding hydrogens is 637 g/mol. The van der Waals surface area contributed by atoms with Gasteiger partial charge in [0.05, 0.1) is 33.1 Å². The number of nitrogens with zero attached hydrogens (tertiary/aromatic N) is 2. The maximum absolute atomic E-state index is 2.59. The van der Waals surface area contributed by atoms with E-state index in [9.17, 15) is 0 Å². The van der Waals surface area contributed by atoms with Crippen molar-refractivity contribution in [1.29, 1.82) is 0 Å². The Morgan fingerprint density at radius 3 is 1.78 bits per heavy atom. The van der Waals surface area contributed by atoms with E-state index in [0.717, 1.165) is 0 Å². The summed E-state index contributed by atoms with van der Waals surface area (Å²) < 4.78 is 7.78. The zero-order valence-corrected chi connectivity index (χ0v) is 28.1. The molecule has 0 aliphatic carbocycles. The van der Waals surface area contributed by atoms with Gasteiger partial charge in [0.1, 0.15) is 0 Å². The second-order valence-corrected chi connectivity index (χ2v) is 15.1. The average molecular weight is 663 g/mol. The van der Waals surface area contributed by atoms with E-state index in [1.165, 1.54) is 119 Å². The van der Waals surface area contributed by atoms with Crippen LogP contribution in [-0.2, 0) is 0 Å². The van der Waals surface area contributed by atoms with Crippen LogP contribution in [0.5, 0.6) is 0 Å². The monoisotopic (exact) mass is 662 g/mol. The maximum Gasteiger partial charge on any atom is 0.0627 e. The predicted molar refractivity (Wildman–Crippen MR) is 220 cm³/mol. The lowest BCUT2D eigenvalue weighted by atomic mass is 9.93. The van der Waals surface area contributed by atoms with Crippen LogP contribution in [0, 0.1) is 0 Å². The van der Waals surface area contributed by atoms with Crippen LogP contribution < -0.4 is 0 Å². The summed E-state index contributed by atoms with van der Waals surface area (Å²) in [6, 6.07) is 58.8. The molecule has 0 spiro atoms. The maximum atomic E-state index is 2.59. The lowest BCUT2D eigenvalue weighted by Crippen LogP contribution is -1.87. The Balaban J connectivity index is 1.23. The highest BCUT2D eigenvalue weighted by atomic mass is 32.1. The van der Waals surface area contributed by atoms with Gasteiger partial charge in [-0.2, -0.15) is 0 Å². The van der Waals surface area contributed by atoms with Crippen LogP contribution in [0.2, 0.25) is 0 Å². The highest BCUT2D eigenvalue weighted by Crippen LogP contribution is 2.50. The molecule has 13 aromatic rings. The molecule has 0 atom stereocenters. The Kier molecular flexibility index (Phi) is 4.78. The van der Waals surface area contributed by atoms with Gasteiger partial charge in [-0.15, -0.1) is 11.3 Å². The SMILES string of the molecule is c1ccc(-c2ccccc2-c2ccc3c4c5c(cc6c7cc8c(cc7n(c3c2)c64)c2cccc3c4ccccc4n8c32)sc2ccccc25)cc1. The number of para-hydroxylation sites is 2. The van der Waals surface area contributed by atoms with E-state index < -0.39 is 0 Å². The van der Waals surface area contributed by atoms with Crippen LogP contribution in [0.25, 0.3) is 119 Å². The van der Waals surface area contributed by atoms with Gasteiger partial charge in [-0.3, -0.25) is 0 Å². The molecule has 0 bridgehead atoms. The number of thiophene rings is 1. The molecule has 0 radical (unpaired) electrons. The van der Waals surface area contributed by atoms with E-state index in [4.69, 9.17) is 0 Å². The van der Waals surface area contributed by atoms with Gasteiger partial charge < -0.3 is 8.80 Å². The number of fused-ring (bicyclic) bond motifs is 16. The van der Waals surface area contributed by atoms with Crippen LogP contribution in [0.4, 0.5) is 0 Å². The standard InChI is InChI=1S/C48H26N2S/c1-2-11-27(12-3-1)29-13-4-5-14-30(29)28-21-22-34-40(23-28)50-42-24-36-33-18-10-17-32-31-15-6-8-19-39(31)49(47(32)33)41(36)25-37(42)38-26-44-45(46(34)48(38)50)35-16-7-9-20-43(35)51-44/h1-26H. The summed E-state index contributed by atoms with van der Waals surface area (Å²) in [4.78, 5) is 0. The highest BCUT2D eigenvalue weighted by Gasteiger charge is 2.25. The van der Waals surface area contributed by atoms with Crippen molar-refractivity contribution in [2.24, 2.45) is 0 Å². The minimum atomic E-state index is 1.23. The summed E-state index contributed by atoms with van der Waals surface area (Å²) in [5.74, 6) is 0. The zero-order chi connectivity index (χ0) is 32.9. The van der Waals surface area contributed by atoms with Crippen LogP contribution in [-0.4, -0.2) is 8.80 Å². The topological polar surface area (TPSA) is 8.82 Å². The number of rotatable bonds is 2. The van der Waals surface area contributed by atoms with Gasteiger partial charge in [0.2, 0.25) is 0 Å². The van der Waals surface area contributed by atoms with Gasteiger partial charge in [0.15, 0.2) is 0 Å². The number of aromatic nitrogens is 2. The molecule has 0 aliphatic rings. The van der Waals surface area contributed by atoms with Crippen molar-refractivity contribution >= 4 is 108 Å². The van der Waals surface area contributed by atoms with Crippen LogP contribution in [0.1, 0.15) is 0 Å². The first-order valence-electron chi connectivity index (χ1n) is 17.6. The van der Waals surface area contributed by atoms with E-state index in [1.54, 1.807) is 0 Å². The Morgan fingerprint density at radius 1 is 0.314 bits per heavy atom. The fourth-order valence-electron chi connectivity index (χ4n) is 9.51. The summed E-state index contributed by atoms with van der Waals surface area (Å²) in [5.41, 5.74) is 12.7. The number of benzene rings is 8. The van der Waals surface area contributed by atoms with Crippen LogP contribution in [0.15, 0.2) is 158 Å². The van der Waals surface area contributed by atoms with Gasteiger partial charge in [-0.05, 0) is 58.7 Å². The quantitative estimate of drug-likeness (QED) is 0.174. The van der Waals surface area contributed by atoms with Crippen molar-refractivity contribution in [1.82, 2.24) is 8.80 Å². The van der Waals surface area contributed by atoms with Gasteiger partial charge >= 0.3 is 0 Å². The Bertz CT molecular complexity index is 3580. The fraction of sp³-hybridized carbons (Fsp3) is 0. The van der Waals surface area contributed by atoms with Crippen molar-refractivity contribution in [3.63, 3.8) is 0 Å². The third kappa shape index (κ3) is 3.19. The third-order valence-corrected chi connectivity index (χ3v) is 12.7. The normalized spacial score (nSPS) is 12.7. The van der Waals surface area contributed by atoms with E-state index in [0.29, 0.717) is 0 Å². The van der Waals surface area contributed by atoms with Crippen LogP contribution in [0.3, 0.4) is 0 Å². The van der Waals surface area contributed by atoms with Crippen molar-refractivity contribution in [3.8, 4) is 22.3 Å². The first-order valence-corrected chi connectivity index (χ1v) is 18.4. The molecule has 0 aliphatic heterocycles. The molecule has 2 nitrogen and oxygen atoms in total. The molecule has 5 aromatic heterocycles. The average Bonchev–Trinajstić information content (AvgIpc) is 3.98. The van der Waals surface area contributed by atoms with Crippen molar-refractivity contribution in [2.45, 2.75) is 0 Å². The molecule has 13 rings (SSSR count). The lowest BCUT2D eigenvalue weighted by molar-refractivity contribution is 1.36. The van der Waals surface area contributed by atoms with Crippen molar-refractivity contribution in [3.05, 3.63) is 158 Å². The first kappa shape index (κ1) is 26.4. The first-order chi connectivity index (χ1) is 25.3. The van der Waals surface area contributed by atoms with Gasteiger partial charge in [-0.1, -0.05) is 121 Å². The summed E-state index contributed by atoms with van der Waals surface area (Å²) >= 11 is 1.92. The number of hydrogen-bond acceptors (Lipinski definition) is 1. The summed E-state index contributed by atoms with van der Waals surface area (Å²) in [6.45, 7) is 0. The summed E-state index contributed by atoms with van der Waals surface area (Å²) in [7, 11) is 0. The molecule has 0 unspecified atom stereocenters. The van der Waals surface area contributed by atoms with E-state index in [-0.39, 0.29) is 0 Å². The minimum Gasteiger partial charge on any atom is -0.308 e. The van der Waals surface area contributed by atoms with E-state index >= 15 is 0 Å². The molecule has 0 saturated carbocycles. The molecular formula is C48H26N2S. The zero-order valence-electron chi connectivity index (χ0n) is 27.3. The minimum absolute atomic E-state index is 1.23. The van der Waals surface area contributed by atoms with Gasteiger partial charge in [-0.25, -0.2) is 0 Å². The van der Waals surface area contributed by atoms with Gasteiger partial charge in [0, 0.05) is 63.3 Å². The highest BCUT2D eigenvalue weighted by molar-refractivity contribution is 7.26. The number of hydrogen-bond donors (Lipinski definition) is 0. The van der Waals surface area contributed by atoms with Crippen LogP contribution >= 0.6 is 11.3 Å². The third-order valence-electron chi connectivity index (χ3n) is 11.6. The van der Waals surface area contributed by atoms with Crippen molar-refractivity contribution < 1.29 is 0 Å². The van der Waals surface area contributed by atoms with E-state index in [2.05, 4.69) is 167 Å². The molecule has 8 aromatic carbocycles.